The summed E-state index contributed by atoms with van der Waals surface area (Å²) in [6.07, 6.45) is 0.663. The summed E-state index contributed by atoms with van der Waals surface area (Å²) < 4.78 is 1.13. The molecule has 2 heterocycles. The van der Waals surface area contributed by atoms with Crippen molar-refractivity contribution in [2.75, 3.05) is 0 Å². The number of carbonyl (C=O) groups excluding carboxylic acids is 2. The highest BCUT2D eigenvalue weighted by atomic mass is 32.1. The Morgan fingerprint density at radius 3 is 2.27 bits per heavy atom. The van der Waals surface area contributed by atoms with Crippen molar-refractivity contribution in [2.24, 2.45) is 0 Å². The molecule has 1 aliphatic heterocycles. The van der Waals surface area contributed by atoms with Crippen molar-refractivity contribution in [3.05, 3.63) is 70.6 Å². The van der Waals surface area contributed by atoms with Gasteiger partial charge in [0, 0.05) is 4.70 Å². The second kappa shape index (κ2) is 6.38. The largest absolute Gasteiger partial charge is 0.480 e. The van der Waals surface area contributed by atoms with Crippen LogP contribution in [0.1, 0.15) is 32.7 Å². The number of carbonyl (C=O) groups is 3. The van der Waals surface area contributed by atoms with Gasteiger partial charge in [-0.1, -0.05) is 30.3 Å². The van der Waals surface area contributed by atoms with Crippen molar-refractivity contribution in [3.8, 4) is 0 Å². The van der Waals surface area contributed by atoms with Crippen molar-refractivity contribution < 1.29 is 19.5 Å². The lowest BCUT2D eigenvalue weighted by Crippen LogP contribution is -2.45. The Morgan fingerprint density at radius 2 is 1.62 bits per heavy atom. The number of imide groups is 1. The molecule has 4 rings (SSSR count). The molecular weight excluding hydrogens is 350 g/mol. The summed E-state index contributed by atoms with van der Waals surface area (Å²) >= 11 is 1.60. The molecule has 0 unspecified atom stereocenters. The van der Waals surface area contributed by atoms with Gasteiger partial charge in [0.2, 0.25) is 0 Å². The smallest absolute Gasteiger partial charge is 0.326 e. The molecule has 0 bridgehead atoms. The molecule has 1 N–H and O–H groups in total. The van der Waals surface area contributed by atoms with Crippen LogP contribution in [0.3, 0.4) is 0 Å². The van der Waals surface area contributed by atoms with Gasteiger partial charge in [-0.2, -0.15) is 0 Å². The SMILES string of the molecule is O=C(O)[C@@H](CCc1csc2ccccc12)N1C(=O)c2ccccc2C1=O. The van der Waals surface area contributed by atoms with Gasteiger partial charge in [0.15, 0.2) is 0 Å². The van der Waals surface area contributed by atoms with Crippen molar-refractivity contribution in [2.45, 2.75) is 18.9 Å². The number of fused-ring (bicyclic) bond motifs is 2. The Kier molecular flexibility index (Phi) is 4.05. The fourth-order valence-electron chi connectivity index (χ4n) is 3.37. The lowest BCUT2D eigenvalue weighted by molar-refractivity contribution is -0.141. The van der Waals surface area contributed by atoms with E-state index in [2.05, 4.69) is 0 Å². The average molecular weight is 365 g/mol. The van der Waals surface area contributed by atoms with Gasteiger partial charge in [-0.05, 0) is 47.4 Å². The number of benzene rings is 2. The zero-order valence-corrected chi connectivity index (χ0v) is 14.5. The van der Waals surface area contributed by atoms with E-state index in [1.807, 2.05) is 29.6 Å². The Morgan fingerprint density at radius 1 is 1.00 bits per heavy atom. The molecule has 0 radical (unpaired) electrons. The number of hydrogen-bond donors (Lipinski definition) is 1. The third-order valence-corrected chi connectivity index (χ3v) is 5.68. The second-order valence-corrected chi connectivity index (χ2v) is 7.09. The monoisotopic (exact) mass is 365 g/mol. The van der Waals surface area contributed by atoms with Gasteiger partial charge in [0.05, 0.1) is 11.1 Å². The standard InChI is InChI=1S/C20H15NO4S/c22-18-14-6-1-2-7-15(14)19(23)21(18)16(20(24)25)10-9-12-11-26-17-8-4-3-5-13(12)17/h1-8,11,16H,9-10H2,(H,24,25)/t16-/m1/s1. The predicted octanol–water partition coefficient (Wildman–Crippen LogP) is 3.58. The molecular formula is C20H15NO4S. The molecule has 1 atom stereocenters. The number of carboxylic acid groups (broad SMARTS) is 1. The minimum Gasteiger partial charge on any atom is -0.480 e. The molecule has 1 aliphatic rings. The number of amides is 2. The van der Waals surface area contributed by atoms with Crippen LogP contribution in [0.15, 0.2) is 53.9 Å². The van der Waals surface area contributed by atoms with E-state index < -0.39 is 23.8 Å². The van der Waals surface area contributed by atoms with E-state index in [-0.39, 0.29) is 17.5 Å². The number of aliphatic carboxylic acids is 1. The highest BCUT2D eigenvalue weighted by Gasteiger charge is 2.42. The summed E-state index contributed by atoms with van der Waals surface area (Å²) in [5.74, 6) is -2.24. The van der Waals surface area contributed by atoms with Gasteiger partial charge >= 0.3 is 5.97 Å². The molecule has 0 saturated carbocycles. The first-order valence-corrected chi connectivity index (χ1v) is 9.10. The maximum Gasteiger partial charge on any atom is 0.326 e. The molecule has 0 saturated heterocycles. The molecule has 1 aromatic heterocycles. The number of thiophene rings is 1. The van der Waals surface area contributed by atoms with Crippen molar-refractivity contribution in [3.63, 3.8) is 0 Å². The normalized spacial score (nSPS) is 14.7. The molecule has 2 amide bonds. The number of carboxylic acids is 1. The minimum absolute atomic E-state index is 0.182. The summed E-state index contributed by atoms with van der Waals surface area (Å²) in [7, 11) is 0. The van der Waals surface area contributed by atoms with Crippen LogP contribution in [-0.2, 0) is 11.2 Å². The summed E-state index contributed by atoms with van der Waals surface area (Å²) in [5.41, 5.74) is 1.57. The van der Waals surface area contributed by atoms with Crippen LogP contribution < -0.4 is 0 Å². The molecule has 0 aliphatic carbocycles. The van der Waals surface area contributed by atoms with E-state index in [0.29, 0.717) is 6.42 Å². The van der Waals surface area contributed by atoms with Gasteiger partial charge in [-0.25, -0.2) is 4.79 Å². The van der Waals surface area contributed by atoms with Crippen LogP contribution in [0.4, 0.5) is 0 Å². The number of nitrogens with zero attached hydrogens (tertiary/aromatic N) is 1. The van der Waals surface area contributed by atoms with Crippen LogP contribution in [0.25, 0.3) is 10.1 Å². The van der Waals surface area contributed by atoms with Gasteiger partial charge in [-0.3, -0.25) is 14.5 Å². The maximum atomic E-state index is 12.6. The fraction of sp³-hybridized carbons (Fsp3) is 0.150. The van der Waals surface area contributed by atoms with Gasteiger partial charge in [0.25, 0.3) is 11.8 Å². The van der Waals surface area contributed by atoms with Crippen molar-refractivity contribution in [1.82, 2.24) is 4.90 Å². The van der Waals surface area contributed by atoms with Crippen molar-refractivity contribution in [1.29, 1.82) is 0 Å². The van der Waals surface area contributed by atoms with E-state index in [1.54, 1.807) is 35.6 Å². The molecule has 130 valence electrons. The van der Waals surface area contributed by atoms with Crippen LogP contribution in [0, 0.1) is 0 Å². The zero-order chi connectivity index (χ0) is 18.3. The fourth-order valence-corrected chi connectivity index (χ4v) is 4.37. The molecule has 2 aromatic carbocycles. The van der Waals surface area contributed by atoms with Crippen LogP contribution in [0.5, 0.6) is 0 Å². The van der Waals surface area contributed by atoms with E-state index in [1.165, 1.54) is 0 Å². The lowest BCUT2D eigenvalue weighted by Gasteiger charge is -2.22. The molecule has 26 heavy (non-hydrogen) atoms. The third-order valence-electron chi connectivity index (χ3n) is 4.67. The Hall–Kier alpha value is -2.99. The molecule has 0 spiro atoms. The number of hydrogen-bond acceptors (Lipinski definition) is 4. The Bertz CT molecular complexity index is 1000. The quantitative estimate of drug-likeness (QED) is 0.701. The Labute approximate surface area is 153 Å². The van der Waals surface area contributed by atoms with Gasteiger partial charge in [-0.15, -0.1) is 11.3 Å². The summed E-state index contributed by atoms with van der Waals surface area (Å²) in [6, 6.07) is 13.2. The third kappa shape index (κ3) is 2.59. The van der Waals surface area contributed by atoms with Crippen LogP contribution in [0.2, 0.25) is 0 Å². The predicted molar refractivity (Wildman–Crippen MR) is 98.5 cm³/mol. The first kappa shape index (κ1) is 16.5. The first-order valence-electron chi connectivity index (χ1n) is 8.23. The summed E-state index contributed by atoms with van der Waals surface area (Å²) in [5, 5.41) is 12.7. The molecule has 6 heteroatoms. The van der Waals surface area contributed by atoms with Gasteiger partial charge < -0.3 is 5.11 Å². The minimum atomic E-state index is -1.18. The first-order chi connectivity index (χ1) is 12.6. The molecule has 5 nitrogen and oxygen atoms in total. The van der Waals surface area contributed by atoms with E-state index in [0.717, 1.165) is 20.5 Å². The van der Waals surface area contributed by atoms with Gasteiger partial charge in [0.1, 0.15) is 6.04 Å². The maximum absolute atomic E-state index is 12.6. The highest BCUT2D eigenvalue weighted by molar-refractivity contribution is 7.17. The highest BCUT2D eigenvalue weighted by Crippen LogP contribution is 2.29. The van der Waals surface area contributed by atoms with E-state index in [4.69, 9.17) is 0 Å². The van der Waals surface area contributed by atoms with Crippen LogP contribution in [-0.4, -0.2) is 33.8 Å². The lowest BCUT2D eigenvalue weighted by atomic mass is 10.0. The topological polar surface area (TPSA) is 74.7 Å². The Balaban J connectivity index is 1.60. The summed E-state index contributed by atoms with van der Waals surface area (Å²) in [4.78, 5) is 37.8. The average Bonchev–Trinajstić information content (AvgIpc) is 3.17. The number of aryl methyl sites for hydroxylation is 1. The zero-order valence-electron chi connectivity index (χ0n) is 13.7. The van der Waals surface area contributed by atoms with E-state index in [9.17, 15) is 19.5 Å². The number of rotatable bonds is 5. The van der Waals surface area contributed by atoms with Crippen molar-refractivity contribution >= 4 is 39.2 Å². The van der Waals surface area contributed by atoms with E-state index >= 15 is 0 Å². The molecule has 0 fully saturated rings. The molecule has 3 aromatic rings. The summed E-state index contributed by atoms with van der Waals surface area (Å²) in [6.45, 7) is 0. The van der Waals surface area contributed by atoms with Crippen LogP contribution >= 0.6 is 11.3 Å². The second-order valence-electron chi connectivity index (χ2n) is 6.18.